The molecule has 0 bridgehead atoms. The number of rotatable bonds is 2. The highest BCUT2D eigenvalue weighted by atomic mass is 19.1. The Balaban J connectivity index is 1.97. The monoisotopic (exact) mass is 241 g/mol. The minimum atomic E-state index is -0.288. The molecule has 0 saturated heterocycles. The Morgan fingerprint density at radius 1 is 1.06 bits per heavy atom. The van der Waals surface area contributed by atoms with Crippen LogP contribution in [0.1, 0.15) is 0 Å². The van der Waals surface area contributed by atoms with E-state index in [9.17, 15) is 4.39 Å². The summed E-state index contributed by atoms with van der Waals surface area (Å²) in [6.07, 6.45) is 4.76. The van der Waals surface area contributed by atoms with E-state index in [4.69, 9.17) is 0 Å². The van der Waals surface area contributed by atoms with Crippen molar-refractivity contribution < 1.29 is 4.39 Å². The lowest BCUT2D eigenvalue weighted by Gasteiger charge is -1.94. The van der Waals surface area contributed by atoms with Gasteiger partial charge in [-0.25, -0.2) is 14.4 Å². The predicted octanol–water partition coefficient (Wildman–Crippen LogP) is 2.07. The van der Waals surface area contributed by atoms with E-state index < -0.39 is 0 Å². The van der Waals surface area contributed by atoms with Crippen LogP contribution in [0.3, 0.4) is 0 Å². The van der Waals surface area contributed by atoms with Crippen LogP contribution in [0, 0.1) is 5.82 Å². The van der Waals surface area contributed by atoms with Crippen LogP contribution in [0.15, 0.2) is 42.9 Å². The van der Waals surface area contributed by atoms with E-state index in [-0.39, 0.29) is 5.82 Å². The van der Waals surface area contributed by atoms with Crippen molar-refractivity contribution in [2.24, 2.45) is 0 Å². The molecule has 0 spiro atoms. The lowest BCUT2D eigenvalue weighted by molar-refractivity contribution is 0.628. The quantitative estimate of drug-likeness (QED) is 0.745. The van der Waals surface area contributed by atoms with Crippen molar-refractivity contribution in [1.82, 2.24) is 25.1 Å². The molecule has 0 unspecified atom stereocenters. The summed E-state index contributed by atoms with van der Waals surface area (Å²) >= 11 is 0. The molecule has 0 aliphatic rings. The van der Waals surface area contributed by atoms with Crippen LogP contribution in [-0.4, -0.2) is 25.1 Å². The normalized spacial score (nSPS) is 10.5. The second-order valence-corrected chi connectivity index (χ2v) is 3.61. The van der Waals surface area contributed by atoms with Crippen molar-refractivity contribution in [2.45, 2.75) is 0 Å². The molecule has 5 nitrogen and oxygen atoms in total. The first-order valence-electron chi connectivity index (χ1n) is 5.27. The third-order valence-corrected chi connectivity index (χ3v) is 2.39. The minimum absolute atomic E-state index is 0.288. The van der Waals surface area contributed by atoms with Crippen LogP contribution >= 0.6 is 0 Å². The van der Waals surface area contributed by atoms with Crippen LogP contribution in [0.5, 0.6) is 0 Å². The highest BCUT2D eigenvalue weighted by molar-refractivity contribution is 5.58. The van der Waals surface area contributed by atoms with Crippen LogP contribution < -0.4 is 0 Å². The highest BCUT2D eigenvalue weighted by Gasteiger charge is 2.08. The number of hydrogen-bond acceptors (Lipinski definition) is 4. The van der Waals surface area contributed by atoms with Gasteiger partial charge in [0.1, 0.15) is 11.5 Å². The fraction of sp³-hybridized carbons (Fsp3) is 0. The molecule has 0 aliphatic heterocycles. The van der Waals surface area contributed by atoms with Crippen molar-refractivity contribution >= 4 is 0 Å². The molecule has 3 rings (SSSR count). The zero-order valence-electron chi connectivity index (χ0n) is 9.21. The number of aromatic amines is 1. The van der Waals surface area contributed by atoms with E-state index in [0.717, 1.165) is 5.56 Å². The van der Waals surface area contributed by atoms with Gasteiger partial charge in [0, 0.05) is 18.0 Å². The molecule has 2 heterocycles. The van der Waals surface area contributed by atoms with Gasteiger partial charge in [0.15, 0.2) is 11.6 Å². The van der Waals surface area contributed by atoms with Gasteiger partial charge >= 0.3 is 0 Å². The number of benzene rings is 1. The topological polar surface area (TPSA) is 67.3 Å². The van der Waals surface area contributed by atoms with Gasteiger partial charge in [0.05, 0.1) is 6.20 Å². The standard InChI is InChI=1S/C12H8FN5/c13-9-3-1-8(2-4-9)11-16-12(18-17-11)10-7-14-5-6-15-10/h1-7H,(H,16,17,18). The zero-order valence-corrected chi connectivity index (χ0v) is 9.21. The van der Waals surface area contributed by atoms with Gasteiger partial charge < -0.3 is 0 Å². The van der Waals surface area contributed by atoms with E-state index in [0.29, 0.717) is 17.3 Å². The highest BCUT2D eigenvalue weighted by Crippen LogP contribution is 2.18. The lowest BCUT2D eigenvalue weighted by atomic mass is 10.2. The predicted molar refractivity (Wildman–Crippen MR) is 62.8 cm³/mol. The molecule has 88 valence electrons. The maximum atomic E-state index is 12.8. The van der Waals surface area contributed by atoms with E-state index in [1.807, 2.05) is 0 Å². The molecular formula is C12H8FN5. The fourth-order valence-electron chi connectivity index (χ4n) is 1.53. The third-order valence-electron chi connectivity index (χ3n) is 2.39. The maximum absolute atomic E-state index is 12.8. The first-order chi connectivity index (χ1) is 8.83. The van der Waals surface area contributed by atoms with Crippen LogP contribution in [-0.2, 0) is 0 Å². The number of nitrogens with zero attached hydrogens (tertiary/aromatic N) is 4. The minimum Gasteiger partial charge on any atom is -0.261 e. The smallest absolute Gasteiger partial charge is 0.181 e. The molecule has 1 aromatic carbocycles. The molecule has 3 aromatic rings. The fourth-order valence-corrected chi connectivity index (χ4v) is 1.53. The molecule has 18 heavy (non-hydrogen) atoms. The van der Waals surface area contributed by atoms with Crippen LogP contribution in [0.2, 0.25) is 0 Å². The first kappa shape index (κ1) is 10.5. The molecule has 2 aromatic heterocycles. The Morgan fingerprint density at radius 2 is 1.89 bits per heavy atom. The summed E-state index contributed by atoms with van der Waals surface area (Å²) in [5, 5.41) is 6.84. The first-order valence-corrected chi connectivity index (χ1v) is 5.27. The summed E-state index contributed by atoms with van der Waals surface area (Å²) in [4.78, 5) is 12.4. The number of halogens is 1. The number of aromatic nitrogens is 5. The summed E-state index contributed by atoms with van der Waals surface area (Å²) in [7, 11) is 0. The molecule has 0 fully saturated rings. The van der Waals surface area contributed by atoms with Gasteiger partial charge in [-0.3, -0.25) is 10.1 Å². The van der Waals surface area contributed by atoms with Gasteiger partial charge in [-0.2, -0.15) is 5.10 Å². The van der Waals surface area contributed by atoms with Gasteiger partial charge in [-0.1, -0.05) is 0 Å². The van der Waals surface area contributed by atoms with Crippen LogP contribution in [0.4, 0.5) is 4.39 Å². The van der Waals surface area contributed by atoms with Crippen molar-refractivity contribution in [1.29, 1.82) is 0 Å². The van der Waals surface area contributed by atoms with Gasteiger partial charge in [-0.15, -0.1) is 0 Å². The van der Waals surface area contributed by atoms with Crippen molar-refractivity contribution in [3.63, 3.8) is 0 Å². The Kier molecular flexibility index (Phi) is 2.53. The summed E-state index contributed by atoms with van der Waals surface area (Å²) in [5.41, 5.74) is 1.35. The number of hydrogen-bond donors (Lipinski definition) is 1. The Labute approximate surface area is 102 Å². The Hall–Kier alpha value is -2.63. The van der Waals surface area contributed by atoms with Gasteiger partial charge in [0.25, 0.3) is 0 Å². The van der Waals surface area contributed by atoms with Gasteiger partial charge in [0.2, 0.25) is 0 Å². The van der Waals surface area contributed by atoms with Crippen molar-refractivity contribution in [2.75, 3.05) is 0 Å². The maximum Gasteiger partial charge on any atom is 0.181 e. The summed E-state index contributed by atoms with van der Waals surface area (Å²) in [6, 6.07) is 5.99. The molecule has 0 saturated carbocycles. The molecule has 0 atom stereocenters. The SMILES string of the molecule is Fc1ccc(-c2n[nH]c(-c3cnccn3)n2)cc1. The summed E-state index contributed by atoms with van der Waals surface area (Å²) in [5.74, 6) is 0.738. The second kappa shape index (κ2) is 4.33. The second-order valence-electron chi connectivity index (χ2n) is 3.61. The molecular weight excluding hydrogens is 233 g/mol. The molecule has 0 aliphatic carbocycles. The average molecular weight is 241 g/mol. The number of H-pyrrole nitrogens is 1. The Bertz CT molecular complexity index is 648. The van der Waals surface area contributed by atoms with E-state index in [2.05, 4.69) is 25.1 Å². The molecule has 0 radical (unpaired) electrons. The zero-order chi connectivity index (χ0) is 12.4. The van der Waals surface area contributed by atoms with Gasteiger partial charge in [-0.05, 0) is 24.3 Å². The molecule has 1 N–H and O–H groups in total. The summed E-state index contributed by atoms with van der Waals surface area (Å²) in [6.45, 7) is 0. The van der Waals surface area contributed by atoms with E-state index in [1.165, 1.54) is 12.1 Å². The molecule has 6 heteroatoms. The van der Waals surface area contributed by atoms with E-state index >= 15 is 0 Å². The Morgan fingerprint density at radius 3 is 2.61 bits per heavy atom. The van der Waals surface area contributed by atoms with Crippen molar-refractivity contribution in [3.8, 4) is 22.9 Å². The average Bonchev–Trinajstić information content (AvgIpc) is 2.90. The molecule has 0 amide bonds. The number of nitrogens with one attached hydrogen (secondary N) is 1. The summed E-state index contributed by atoms with van der Waals surface area (Å²) < 4.78 is 12.8. The lowest BCUT2D eigenvalue weighted by Crippen LogP contribution is -1.86. The third kappa shape index (κ3) is 1.95. The van der Waals surface area contributed by atoms with Crippen LogP contribution in [0.25, 0.3) is 22.9 Å². The van der Waals surface area contributed by atoms with E-state index in [1.54, 1.807) is 30.7 Å². The largest absolute Gasteiger partial charge is 0.261 e. The van der Waals surface area contributed by atoms with Crippen molar-refractivity contribution in [3.05, 3.63) is 48.7 Å².